The van der Waals surface area contributed by atoms with Crippen LogP contribution >= 0.6 is 11.3 Å². The Kier molecular flexibility index (Phi) is 5.29. The first-order valence-corrected chi connectivity index (χ1v) is 6.33. The lowest BCUT2D eigenvalue weighted by Crippen LogP contribution is -2.27. The molecule has 0 fully saturated rings. The summed E-state index contributed by atoms with van der Waals surface area (Å²) >= 11 is 1.82. The van der Waals surface area contributed by atoms with E-state index in [1.165, 1.54) is 4.88 Å². The van der Waals surface area contributed by atoms with Crippen molar-refractivity contribution in [3.8, 4) is 0 Å². The molecule has 1 aromatic heterocycles. The van der Waals surface area contributed by atoms with Gasteiger partial charge in [-0.1, -0.05) is 6.07 Å². The Morgan fingerprint density at radius 1 is 1.33 bits per heavy atom. The molecule has 0 aliphatic heterocycles. The average molecular weight is 227 g/mol. The second-order valence-corrected chi connectivity index (χ2v) is 5.57. The predicted molar refractivity (Wildman–Crippen MR) is 66.6 cm³/mol. The van der Waals surface area contributed by atoms with Crippen LogP contribution < -0.4 is 5.32 Å². The summed E-state index contributed by atoms with van der Waals surface area (Å²) < 4.78 is 5.61. The molecule has 2 nitrogen and oxygen atoms in total. The van der Waals surface area contributed by atoms with E-state index in [9.17, 15) is 0 Å². The predicted octanol–water partition coefficient (Wildman–Crippen LogP) is 2.70. The minimum absolute atomic E-state index is 0.0184. The largest absolute Gasteiger partial charge is 0.375 e. The van der Waals surface area contributed by atoms with Crippen LogP contribution in [0.3, 0.4) is 0 Å². The quantitative estimate of drug-likeness (QED) is 0.754. The van der Waals surface area contributed by atoms with Crippen molar-refractivity contribution in [2.45, 2.75) is 32.8 Å². The Labute approximate surface area is 96.7 Å². The van der Waals surface area contributed by atoms with Crippen LogP contribution in [-0.2, 0) is 11.2 Å². The summed E-state index contributed by atoms with van der Waals surface area (Å²) in [6, 6.07) is 4.28. The van der Waals surface area contributed by atoms with E-state index in [-0.39, 0.29) is 5.60 Å². The van der Waals surface area contributed by atoms with Gasteiger partial charge in [0, 0.05) is 18.0 Å². The van der Waals surface area contributed by atoms with Crippen molar-refractivity contribution >= 4 is 11.3 Å². The smallest absolute Gasteiger partial charge is 0.0599 e. The normalized spacial score (nSPS) is 11.9. The number of nitrogens with one attached hydrogen (secondary N) is 1. The van der Waals surface area contributed by atoms with E-state index in [0.717, 1.165) is 26.1 Å². The van der Waals surface area contributed by atoms with Crippen molar-refractivity contribution in [2.24, 2.45) is 0 Å². The standard InChI is InChI=1S/C12H21NOS/c1-12(2,3)14-9-8-13-7-6-11-5-4-10-15-11/h4-5,10,13H,6-9H2,1-3H3. The van der Waals surface area contributed by atoms with E-state index >= 15 is 0 Å². The molecule has 1 heterocycles. The van der Waals surface area contributed by atoms with Gasteiger partial charge in [0.1, 0.15) is 0 Å². The minimum atomic E-state index is -0.0184. The molecule has 86 valence electrons. The maximum absolute atomic E-state index is 5.61. The lowest BCUT2D eigenvalue weighted by atomic mass is 10.2. The van der Waals surface area contributed by atoms with Gasteiger partial charge >= 0.3 is 0 Å². The first-order valence-electron chi connectivity index (χ1n) is 5.45. The molecule has 3 heteroatoms. The highest BCUT2D eigenvalue weighted by Gasteiger charge is 2.08. The van der Waals surface area contributed by atoms with Gasteiger partial charge < -0.3 is 10.1 Å². The maximum Gasteiger partial charge on any atom is 0.0599 e. The summed E-state index contributed by atoms with van der Waals surface area (Å²) in [5, 5.41) is 5.50. The average Bonchev–Trinajstić information content (AvgIpc) is 2.61. The van der Waals surface area contributed by atoms with Crippen molar-refractivity contribution in [2.75, 3.05) is 19.7 Å². The Morgan fingerprint density at radius 3 is 2.73 bits per heavy atom. The molecule has 0 aliphatic carbocycles. The summed E-state index contributed by atoms with van der Waals surface area (Å²) in [5.41, 5.74) is -0.0184. The summed E-state index contributed by atoms with van der Waals surface area (Å²) in [5.74, 6) is 0. The maximum atomic E-state index is 5.61. The molecule has 0 aromatic carbocycles. The van der Waals surface area contributed by atoms with E-state index in [1.807, 2.05) is 11.3 Å². The Morgan fingerprint density at radius 2 is 2.13 bits per heavy atom. The van der Waals surface area contributed by atoms with Gasteiger partial charge in [0.25, 0.3) is 0 Å². The highest BCUT2D eigenvalue weighted by Crippen LogP contribution is 2.08. The van der Waals surface area contributed by atoms with Crippen LogP contribution in [0.5, 0.6) is 0 Å². The number of thiophene rings is 1. The van der Waals surface area contributed by atoms with Crippen molar-refractivity contribution in [3.05, 3.63) is 22.4 Å². The number of hydrogen-bond donors (Lipinski definition) is 1. The van der Waals surface area contributed by atoms with E-state index < -0.39 is 0 Å². The van der Waals surface area contributed by atoms with Gasteiger partial charge in [0.05, 0.1) is 12.2 Å². The summed E-state index contributed by atoms with van der Waals surface area (Å²) in [4.78, 5) is 1.44. The minimum Gasteiger partial charge on any atom is -0.375 e. The van der Waals surface area contributed by atoms with Crippen molar-refractivity contribution in [1.29, 1.82) is 0 Å². The first kappa shape index (κ1) is 12.7. The molecular formula is C12H21NOS. The van der Waals surface area contributed by atoms with Crippen LogP contribution in [-0.4, -0.2) is 25.3 Å². The lowest BCUT2D eigenvalue weighted by molar-refractivity contribution is -0.000706. The van der Waals surface area contributed by atoms with Crippen LogP contribution in [0.4, 0.5) is 0 Å². The van der Waals surface area contributed by atoms with Gasteiger partial charge in [0.2, 0.25) is 0 Å². The monoisotopic (exact) mass is 227 g/mol. The molecule has 0 aliphatic rings. The zero-order valence-corrected chi connectivity index (χ0v) is 10.7. The van der Waals surface area contributed by atoms with Gasteiger partial charge in [-0.15, -0.1) is 11.3 Å². The van der Waals surface area contributed by atoms with Gasteiger partial charge in [-0.3, -0.25) is 0 Å². The van der Waals surface area contributed by atoms with Crippen LogP contribution in [0.15, 0.2) is 17.5 Å². The molecule has 0 spiro atoms. The Hall–Kier alpha value is -0.380. The summed E-state index contributed by atoms with van der Waals surface area (Å²) in [6.07, 6.45) is 1.12. The molecule has 0 saturated carbocycles. The first-order chi connectivity index (χ1) is 7.08. The molecule has 0 saturated heterocycles. The molecule has 0 unspecified atom stereocenters. The van der Waals surface area contributed by atoms with Gasteiger partial charge in [0.15, 0.2) is 0 Å². The fourth-order valence-corrected chi connectivity index (χ4v) is 1.93. The molecule has 1 rings (SSSR count). The van der Waals surface area contributed by atoms with Gasteiger partial charge in [-0.25, -0.2) is 0 Å². The summed E-state index contributed by atoms with van der Waals surface area (Å²) in [7, 11) is 0. The van der Waals surface area contributed by atoms with Crippen LogP contribution in [0.2, 0.25) is 0 Å². The highest BCUT2D eigenvalue weighted by molar-refractivity contribution is 7.09. The second-order valence-electron chi connectivity index (χ2n) is 4.54. The molecule has 15 heavy (non-hydrogen) atoms. The Bertz CT molecular complexity index is 251. The topological polar surface area (TPSA) is 21.3 Å². The molecule has 0 radical (unpaired) electrons. The van der Waals surface area contributed by atoms with Crippen LogP contribution in [0.25, 0.3) is 0 Å². The van der Waals surface area contributed by atoms with E-state index in [0.29, 0.717) is 0 Å². The molecule has 0 amide bonds. The zero-order chi connectivity index (χ0) is 11.1. The third-order valence-electron chi connectivity index (χ3n) is 1.94. The van der Waals surface area contributed by atoms with Crippen molar-refractivity contribution < 1.29 is 4.74 Å². The second kappa shape index (κ2) is 6.26. The van der Waals surface area contributed by atoms with Crippen molar-refractivity contribution in [1.82, 2.24) is 5.32 Å². The van der Waals surface area contributed by atoms with Crippen LogP contribution in [0.1, 0.15) is 25.6 Å². The van der Waals surface area contributed by atoms with E-state index in [1.54, 1.807) is 0 Å². The SMILES string of the molecule is CC(C)(C)OCCNCCc1cccs1. The molecule has 0 bridgehead atoms. The summed E-state index contributed by atoms with van der Waals surface area (Å²) in [6.45, 7) is 9.00. The molecule has 1 N–H and O–H groups in total. The third kappa shape index (κ3) is 6.66. The number of rotatable bonds is 6. The Balaban J connectivity index is 1.94. The fraction of sp³-hybridized carbons (Fsp3) is 0.667. The fourth-order valence-electron chi connectivity index (χ4n) is 1.22. The van der Waals surface area contributed by atoms with E-state index in [4.69, 9.17) is 4.74 Å². The molecular weight excluding hydrogens is 206 g/mol. The number of hydrogen-bond acceptors (Lipinski definition) is 3. The highest BCUT2D eigenvalue weighted by atomic mass is 32.1. The zero-order valence-electron chi connectivity index (χ0n) is 9.88. The van der Waals surface area contributed by atoms with Crippen molar-refractivity contribution in [3.63, 3.8) is 0 Å². The van der Waals surface area contributed by atoms with Crippen LogP contribution in [0, 0.1) is 0 Å². The van der Waals surface area contributed by atoms with Gasteiger partial charge in [-0.2, -0.15) is 0 Å². The molecule has 0 atom stereocenters. The number of ether oxygens (including phenoxy) is 1. The van der Waals surface area contributed by atoms with Gasteiger partial charge in [-0.05, 0) is 38.6 Å². The third-order valence-corrected chi connectivity index (χ3v) is 2.88. The molecule has 1 aromatic rings. The van der Waals surface area contributed by atoms with E-state index in [2.05, 4.69) is 43.6 Å². The lowest BCUT2D eigenvalue weighted by Gasteiger charge is -2.19.